The summed E-state index contributed by atoms with van der Waals surface area (Å²) < 4.78 is 0. The van der Waals surface area contributed by atoms with Gasteiger partial charge in [-0.05, 0) is 260 Å². The molecule has 9 heteroatoms. The molecular formula is C133H124B2N6S. The van der Waals surface area contributed by atoms with Gasteiger partial charge in [-0.15, -0.1) is 0 Å². The maximum absolute atomic E-state index is 3.24. The molecule has 4 unspecified atom stereocenters. The molecule has 0 amide bonds. The highest BCUT2D eigenvalue weighted by Gasteiger charge is 2.58. The van der Waals surface area contributed by atoms with Crippen LogP contribution in [0.2, 0.25) is 0 Å². The van der Waals surface area contributed by atoms with Crippen LogP contribution in [-0.4, -0.2) is 25.5 Å². The van der Waals surface area contributed by atoms with E-state index in [0.717, 1.165) is 22.7 Å². The molecule has 16 aromatic rings. The summed E-state index contributed by atoms with van der Waals surface area (Å²) in [6.07, 6.45) is 34.1. The largest absolute Gasteiger partial charge is 0.339 e. The van der Waals surface area contributed by atoms with Gasteiger partial charge in [0.25, 0.3) is 13.4 Å². The molecule has 0 aromatic heterocycles. The van der Waals surface area contributed by atoms with Crippen molar-refractivity contribution < 1.29 is 0 Å². The van der Waals surface area contributed by atoms with Crippen LogP contribution in [0.1, 0.15) is 189 Å². The standard InChI is InChI=1S/C133H124B2N6S/c1-11-45-89(46-12-1)101-65-33-39-77-117(101)137(97-61-27-9-28-62-97)100-83-124-130-126(84-100)141(132-105(93-53-19-5-20-54-93)71-44-72-106(132)94-55-21-6-22-56-94)122-88-128-112(86-116(122)135(130)114-76-38-42-80-120(114)139(124)118-78-40-34-66-102(118)90-47-13-2-14-48-90)133(109-73-35-31-67-107(109)108-68-32-36-74-110(108)133)111-85-115-121(87-127(111)142-128)140(131-103(91-49-15-3-16-50-91)69-43-70-104(131)92-51-17-4-18-52-92)125-82-99(136(95-57-23-7-24-58-95)96-59-25-8-26-60-96)81-123-129(125)134(115)113-75-37-41-79-119(113)138(123)98-63-29-10-30-64-98/h1-2,7-14,23-42,45-48,57-68,73-88,91-94,103-106,131-132H,3-6,15-22,43-44,49-56,69-72H2. The fraction of sp³-hybridized carbons (Fsp3) is 0.278. The van der Waals surface area contributed by atoms with Crippen LogP contribution >= 0.6 is 11.8 Å². The Hall–Kier alpha value is -13.2. The van der Waals surface area contributed by atoms with Crippen LogP contribution in [-0.2, 0) is 5.41 Å². The maximum Gasteiger partial charge on any atom is 0.252 e. The van der Waals surface area contributed by atoms with E-state index in [1.807, 2.05) is 0 Å². The van der Waals surface area contributed by atoms with Gasteiger partial charge in [-0.25, -0.2) is 0 Å². The molecule has 1 spiro atoms. The van der Waals surface area contributed by atoms with Crippen LogP contribution in [0.25, 0.3) is 33.4 Å². The van der Waals surface area contributed by atoms with Crippen molar-refractivity contribution in [1.29, 1.82) is 0 Å². The van der Waals surface area contributed by atoms with E-state index < -0.39 is 5.41 Å². The van der Waals surface area contributed by atoms with Crippen LogP contribution in [0.4, 0.5) is 91.0 Å². The van der Waals surface area contributed by atoms with Crippen molar-refractivity contribution in [1.82, 2.24) is 0 Å². The van der Waals surface area contributed by atoms with Gasteiger partial charge in [-0.2, -0.15) is 0 Å². The van der Waals surface area contributed by atoms with Gasteiger partial charge in [0.1, 0.15) is 0 Å². The molecule has 16 aromatic carbocycles. The lowest BCUT2D eigenvalue weighted by molar-refractivity contribution is 0.0839. The molecule has 12 aliphatic rings. The van der Waals surface area contributed by atoms with Gasteiger partial charge in [0.05, 0.1) is 28.2 Å². The van der Waals surface area contributed by atoms with Crippen LogP contribution in [0.5, 0.6) is 0 Å². The molecule has 5 aliphatic heterocycles. The molecule has 7 aliphatic carbocycles. The fourth-order valence-electron chi connectivity index (χ4n) is 31.1. The Bertz CT molecular complexity index is 7300. The molecule has 6 nitrogen and oxygen atoms in total. The SMILES string of the molecule is c1ccc(-c2ccccc2N(c2ccccc2)c2cc3c4c(c2)N(C2C(C5CCCCC5)CCCC2C2CCCCC2)c2cc5c(cc2B4c2ccccc2N3c2ccccc2-c2ccccc2)C2(c3cc4c(cc3S5)N(C3C(C5CCCCC5)CCCC3C3CCCCC3)c3cc(N(c5ccccc5)c5ccccc5)cc5c3B4c3ccccc3N5c3ccccc3)c3ccccc3-c3ccccc32)cc1. The number of rotatable bonds is 16. The van der Waals surface area contributed by atoms with Crippen molar-refractivity contribution in [2.24, 2.45) is 47.3 Å². The Morgan fingerprint density at radius 3 is 1.02 bits per heavy atom. The summed E-state index contributed by atoms with van der Waals surface area (Å²) in [6.45, 7) is -0.310. The Kier molecular flexibility index (Phi) is 22.2. The summed E-state index contributed by atoms with van der Waals surface area (Å²) in [7, 11) is 0. The normalized spacial score (nSPS) is 20.9. The number of fused-ring (bicyclic) bond motifs is 17. The second-order valence-electron chi connectivity index (χ2n) is 43.8. The highest BCUT2D eigenvalue weighted by molar-refractivity contribution is 7.99. The summed E-state index contributed by atoms with van der Waals surface area (Å²) in [5.41, 5.74) is 40.8. The first-order chi connectivity index (χ1) is 70.5. The van der Waals surface area contributed by atoms with Gasteiger partial charge in [0, 0.05) is 101 Å². The Morgan fingerprint density at radius 1 is 0.232 bits per heavy atom. The highest BCUT2D eigenvalue weighted by atomic mass is 32.2. The van der Waals surface area contributed by atoms with Crippen LogP contribution < -0.4 is 62.2 Å². The molecule has 28 rings (SSSR count). The Balaban J connectivity index is 0.758. The van der Waals surface area contributed by atoms with Crippen LogP contribution in [0, 0.1) is 47.3 Å². The van der Waals surface area contributed by atoms with Gasteiger partial charge in [0.15, 0.2) is 0 Å². The zero-order chi connectivity index (χ0) is 93.5. The van der Waals surface area contributed by atoms with Gasteiger partial charge in [0.2, 0.25) is 0 Å². The number of nitrogens with zero attached hydrogens (tertiary/aromatic N) is 6. The quantitative estimate of drug-likeness (QED) is 0.0887. The van der Waals surface area contributed by atoms with E-state index in [1.165, 1.54) is 333 Å². The van der Waals surface area contributed by atoms with E-state index in [1.54, 1.807) is 0 Å². The van der Waals surface area contributed by atoms with Gasteiger partial charge in [-0.3, -0.25) is 0 Å². The van der Waals surface area contributed by atoms with Crippen LogP contribution in [0.3, 0.4) is 0 Å². The average Bonchev–Trinajstić information content (AvgIpc) is 1.47. The molecule has 6 saturated carbocycles. The molecule has 698 valence electrons. The summed E-state index contributed by atoms with van der Waals surface area (Å²) in [5.74, 6) is 4.53. The first-order valence-corrected chi connectivity index (χ1v) is 55.4. The predicted molar refractivity (Wildman–Crippen MR) is 599 cm³/mol. The zero-order valence-electron chi connectivity index (χ0n) is 81.7. The average molecular weight is 1860 g/mol. The maximum atomic E-state index is 3.24. The molecule has 5 heterocycles. The fourth-order valence-corrected chi connectivity index (χ4v) is 32.3. The summed E-state index contributed by atoms with van der Waals surface area (Å²) in [6, 6.07) is 149. The number of para-hydroxylation sites is 8. The zero-order valence-corrected chi connectivity index (χ0v) is 82.5. The third-order valence-corrected chi connectivity index (χ3v) is 37.8. The lowest BCUT2D eigenvalue weighted by Crippen LogP contribution is -2.65. The van der Waals surface area contributed by atoms with E-state index in [0.29, 0.717) is 47.3 Å². The molecular weight excluding hydrogens is 1740 g/mol. The molecule has 4 atom stereocenters. The third kappa shape index (κ3) is 14.1. The predicted octanol–water partition coefficient (Wildman–Crippen LogP) is 32.2. The minimum atomic E-state index is -0.781. The van der Waals surface area contributed by atoms with Crippen molar-refractivity contribution >= 4 is 149 Å². The Morgan fingerprint density at radius 2 is 0.570 bits per heavy atom. The van der Waals surface area contributed by atoms with Gasteiger partial charge < -0.3 is 29.4 Å². The molecule has 0 saturated heterocycles. The third-order valence-electron chi connectivity index (χ3n) is 36.7. The number of benzene rings is 16. The molecule has 142 heavy (non-hydrogen) atoms. The van der Waals surface area contributed by atoms with Crippen molar-refractivity contribution in [3.63, 3.8) is 0 Å². The van der Waals surface area contributed by atoms with E-state index in [-0.39, 0.29) is 25.5 Å². The minimum absolute atomic E-state index is 0.131. The molecule has 0 N–H and O–H groups in total. The van der Waals surface area contributed by atoms with Gasteiger partial charge in [-0.1, -0.05) is 420 Å². The second kappa shape index (κ2) is 36.3. The monoisotopic (exact) mass is 1860 g/mol. The Labute approximate surface area is 845 Å². The first-order valence-electron chi connectivity index (χ1n) is 54.6. The van der Waals surface area contributed by atoms with E-state index in [2.05, 4.69) is 417 Å². The van der Waals surface area contributed by atoms with E-state index in [9.17, 15) is 0 Å². The van der Waals surface area contributed by atoms with E-state index in [4.69, 9.17) is 0 Å². The highest BCUT2D eigenvalue weighted by Crippen LogP contribution is 2.66. The van der Waals surface area contributed by atoms with E-state index >= 15 is 0 Å². The minimum Gasteiger partial charge on any atom is -0.339 e. The summed E-state index contributed by atoms with van der Waals surface area (Å²) in [4.78, 5) is 20.0. The number of hydrogen-bond donors (Lipinski definition) is 0. The van der Waals surface area contributed by atoms with Crippen molar-refractivity contribution in [3.05, 3.63) is 398 Å². The molecule has 0 bridgehead atoms. The number of anilines is 16. The van der Waals surface area contributed by atoms with Crippen molar-refractivity contribution in [2.45, 2.75) is 194 Å². The second-order valence-corrected chi connectivity index (χ2v) is 44.9. The smallest absolute Gasteiger partial charge is 0.252 e. The molecule has 6 fully saturated rings. The lowest BCUT2D eigenvalue weighted by Gasteiger charge is -2.55. The molecule has 0 radical (unpaired) electrons. The summed E-state index contributed by atoms with van der Waals surface area (Å²) in [5, 5.41) is 0. The van der Waals surface area contributed by atoms with Crippen LogP contribution in [0.15, 0.2) is 386 Å². The lowest BCUT2D eigenvalue weighted by atomic mass is 9.33. The summed E-state index contributed by atoms with van der Waals surface area (Å²) >= 11 is 2.15. The van der Waals surface area contributed by atoms with Gasteiger partial charge >= 0.3 is 0 Å². The first kappa shape index (κ1) is 86.7. The van der Waals surface area contributed by atoms with Crippen molar-refractivity contribution in [2.75, 3.05) is 29.4 Å². The number of hydrogen-bond acceptors (Lipinski definition) is 7. The van der Waals surface area contributed by atoms with Crippen molar-refractivity contribution in [3.8, 4) is 33.4 Å². The topological polar surface area (TPSA) is 19.4 Å².